The van der Waals surface area contributed by atoms with Gasteiger partial charge in [0.05, 0.1) is 12.2 Å². The predicted octanol–water partition coefficient (Wildman–Crippen LogP) is 2.94. The summed E-state index contributed by atoms with van der Waals surface area (Å²) in [5.41, 5.74) is 0. The Hall–Kier alpha value is -0.710. The van der Waals surface area contributed by atoms with Crippen LogP contribution in [0.4, 0.5) is 0 Å². The van der Waals surface area contributed by atoms with Crippen molar-refractivity contribution in [2.24, 2.45) is 0 Å². The van der Waals surface area contributed by atoms with Gasteiger partial charge in [-0.1, -0.05) is 6.92 Å². The van der Waals surface area contributed by atoms with Gasteiger partial charge in [0.2, 0.25) is 0 Å². The van der Waals surface area contributed by atoms with Gasteiger partial charge >= 0.3 is 0 Å². The van der Waals surface area contributed by atoms with Gasteiger partial charge in [0.15, 0.2) is 0 Å². The number of rotatable bonds is 7. The van der Waals surface area contributed by atoms with Crippen molar-refractivity contribution in [3.05, 3.63) is 24.3 Å². The van der Waals surface area contributed by atoms with Crippen LogP contribution in [0.5, 0.6) is 5.75 Å². The average molecular weight is 281 g/mol. The summed E-state index contributed by atoms with van der Waals surface area (Å²) in [7, 11) is 0. The Bertz CT molecular complexity index is 369. The summed E-state index contributed by atoms with van der Waals surface area (Å²) in [4.78, 5) is 1.26. The Morgan fingerprint density at radius 1 is 1.26 bits per heavy atom. The van der Waals surface area contributed by atoms with Gasteiger partial charge in [0.1, 0.15) is 12.4 Å². The van der Waals surface area contributed by atoms with Gasteiger partial charge < -0.3 is 14.8 Å². The number of thioether (sulfide) groups is 1. The maximum atomic E-state index is 5.94. The van der Waals surface area contributed by atoms with E-state index in [1.807, 2.05) is 12.1 Å². The molecule has 1 fully saturated rings. The van der Waals surface area contributed by atoms with Crippen molar-refractivity contribution < 1.29 is 9.47 Å². The quantitative estimate of drug-likeness (QED) is 0.778. The molecule has 19 heavy (non-hydrogen) atoms. The van der Waals surface area contributed by atoms with Crippen molar-refractivity contribution in [2.75, 3.05) is 26.0 Å². The highest BCUT2D eigenvalue weighted by Gasteiger charge is 2.25. The third-order valence-corrected chi connectivity index (χ3v) is 4.06. The van der Waals surface area contributed by atoms with Gasteiger partial charge in [-0.3, -0.25) is 0 Å². The summed E-state index contributed by atoms with van der Waals surface area (Å²) >= 11 is 1.74. The summed E-state index contributed by atoms with van der Waals surface area (Å²) in [6.45, 7) is 4.73. The highest BCUT2D eigenvalue weighted by Crippen LogP contribution is 2.22. The van der Waals surface area contributed by atoms with Crippen LogP contribution in [0.1, 0.15) is 19.8 Å². The van der Waals surface area contributed by atoms with E-state index >= 15 is 0 Å². The van der Waals surface area contributed by atoms with E-state index in [-0.39, 0.29) is 6.10 Å². The van der Waals surface area contributed by atoms with Crippen LogP contribution < -0.4 is 10.1 Å². The zero-order valence-electron chi connectivity index (χ0n) is 11.7. The van der Waals surface area contributed by atoms with Crippen LogP contribution in [-0.2, 0) is 4.74 Å². The van der Waals surface area contributed by atoms with Crippen LogP contribution in [0.25, 0.3) is 0 Å². The normalized spacial score (nSPS) is 22.6. The van der Waals surface area contributed by atoms with Crippen molar-refractivity contribution in [3.8, 4) is 5.75 Å². The summed E-state index contributed by atoms with van der Waals surface area (Å²) < 4.78 is 11.7. The molecule has 1 saturated heterocycles. The monoisotopic (exact) mass is 281 g/mol. The molecule has 1 heterocycles. The van der Waals surface area contributed by atoms with Crippen molar-refractivity contribution in [1.82, 2.24) is 5.32 Å². The molecular formula is C15H23NO2S. The Labute approximate surface area is 120 Å². The number of benzene rings is 1. The Balaban J connectivity index is 1.70. The first-order valence-electron chi connectivity index (χ1n) is 6.95. The molecule has 1 aromatic rings. The highest BCUT2D eigenvalue weighted by atomic mass is 32.2. The lowest BCUT2D eigenvalue weighted by atomic mass is 10.2. The van der Waals surface area contributed by atoms with Gasteiger partial charge in [0, 0.05) is 11.4 Å². The third kappa shape index (κ3) is 4.71. The van der Waals surface area contributed by atoms with E-state index in [1.165, 1.54) is 4.90 Å². The van der Waals surface area contributed by atoms with Crippen LogP contribution in [-0.4, -0.2) is 38.2 Å². The second-order valence-corrected chi connectivity index (χ2v) is 5.63. The van der Waals surface area contributed by atoms with E-state index in [1.54, 1.807) is 11.8 Å². The maximum Gasteiger partial charge on any atom is 0.119 e. The predicted molar refractivity (Wildman–Crippen MR) is 80.2 cm³/mol. The summed E-state index contributed by atoms with van der Waals surface area (Å²) in [5.74, 6) is 0.927. The van der Waals surface area contributed by atoms with Gasteiger partial charge in [-0.25, -0.2) is 0 Å². The minimum atomic E-state index is 0.240. The van der Waals surface area contributed by atoms with Crippen LogP contribution >= 0.6 is 11.8 Å². The molecule has 0 amide bonds. The number of ether oxygens (including phenoxy) is 2. The molecule has 2 rings (SSSR count). The van der Waals surface area contributed by atoms with Crippen molar-refractivity contribution in [3.63, 3.8) is 0 Å². The molecular weight excluding hydrogens is 258 g/mol. The third-order valence-electron chi connectivity index (χ3n) is 3.31. The zero-order valence-corrected chi connectivity index (χ0v) is 12.5. The van der Waals surface area contributed by atoms with Crippen LogP contribution in [0.15, 0.2) is 29.2 Å². The zero-order chi connectivity index (χ0) is 13.5. The molecule has 0 spiro atoms. The fraction of sp³-hybridized carbons (Fsp3) is 0.600. The summed E-state index contributed by atoms with van der Waals surface area (Å²) in [5, 5.41) is 3.33. The fourth-order valence-corrected chi connectivity index (χ4v) is 2.63. The number of hydrogen-bond donors (Lipinski definition) is 1. The van der Waals surface area contributed by atoms with Crippen LogP contribution in [0.3, 0.4) is 0 Å². The number of nitrogens with one attached hydrogen (secondary N) is 1. The Kier molecular flexibility index (Phi) is 6.01. The minimum absolute atomic E-state index is 0.240. The topological polar surface area (TPSA) is 30.5 Å². The first-order valence-corrected chi connectivity index (χ1v) is 8.17. The average Bonchev–Trinajstić information content (AvgIpc) is 2.91. The van der Waals surface area contributed by atoms with Crippen LogP contribution in [0.2, 0.25) is 0 Å². The molecule has 0 bridgehead atoms. The number of likely N-dealkylation sites (N-methyl/N-ethyl adjacent to an activating group) is 1. The molecule has 0 radical (unpaired) electrons. The largest absolute Gasteiger partial charge is 0.491 e. The molecule has 1 aliphatic heterocycles. The van der Waals surface area contributed by atoms with E-state index < -0.39 is 0 Å². The fourth-order valence-electron chi connectivity index (χ4n) is 2.22. The minimum Gasteiger partial charge on any atom is -0.491 e. The van der Waals surface area contributed by atoms with E-state index in [9.17, 15) is 0 Å². The second kappa shape index (κ2) is 7.78. The molecule has 0 aliphatic carbocycles. The lowest BCUT2D eigenvalue weighted by molar-refractivity contribution is 0.0188. The second-order valence-electron chi connectivity index (χ2n) is 4.75. The standard InChI is InChI=1S/C15H23NO2S/c1-3-16-10-13-4-5-14(18-13)11-17-12-6-8-15(19-2)9-7-12/h6-9,13-14,16H,3-5,10-11H2,1-2H3. The Morgan fingerprint density at radius 2 is 2.00 bits per heavy atom. The SMILES string of the molecule is CCNCC1CCC(COc2ccc(SC)cc2)O1. The molecule has 0 aromatic heterocycles. The smallest absolute Gasteiger partial charge is 0.119 e. The molecule has 2 atom stereocenters. The molecule has 1 N–H and O–H groups in total. The highest BCUT2D eigenvalue weighted by molar-refractivity contribution is 7.98. The van der Waals surface area contributed by atoms with Crippen molar-refractivity contribution >= 4 is 11.8 Å². The molecule has 0 saturated carbocycles. The van der Waals surface area contributed by atoms with Gasteiger partial charge in [-0.05, 0) is 49.9 Å². The molecule has 1 aromatic carbocycles. The molecule has 3 nitrogen and oxygen atoms in total. The van der Waals surface area contributed by atoms with Crippen molar-refractivity contribution in [2.45, 2.75) is 36.9 Å². The van der Waals surface area contributed by atoms with E-state index in [2.05, 4.69) is 30.6 Å². The maximum absolute atomic E-state index is 5.94. The van der Waals surface area contributed by atoms with E-state index in [4.69, 9.17) is 9.47 Å². The summed E-state index contributed by atoms with van der Waals surface area (Å²) in [6, 6.07) is 8.22. The first-order chi connectivity index (χ1) is 9.31. The van der Waals surface area contributed by atoms with Gasteiger partial charge in [0.25, 0.3) is 0 Å². The van der Waals surface area contributed by atoms with Gasteiger partial charge in [-0.15, -0.1) is 11.8 Å². The lowest BCUT2D eigenvalue weighted by Crippen LogP contribution is -2.28. The van der Waals surface area contributed by atoms with E-state index in [0.29, 0.717) is 12.7 Å². The van der Waals surface area contributed by atoms with E-state index in [0.717, 1.165) is 31.7 Å². The van der Waals surface area contributed by atoms with Crippen molar-refractivity contribution in [1.29, 1.82) is 0 Å². The van der Waals surface area contributed by atoms with Crippen LogP contribution in [0, 0.1) is 0 Å². The molecule has 2 unspecified atom stereocenters. The van der Waals surface area contributed by atoms with Gasteiger partial charge in [-0.2, -0.15) is 0 Å². The molecule has 106 valence electrons. The molecule has 4 heteroatoms. The Morgan fingerprint density at radius 3 is 2.68 bits per heavy atom. The number of hydrogen-bond acceptors (Lipinski definition) is 4. The first kappa shape index (κ1) is 14.7. The lowest BCUT2D eigenvalue weighted by Gasteiger charge is -2.15. The summed E-state index contributed by atoms with van der Waals surface area (Å²) in [6.07, 6.45) is 4.90. The molecule has 1 aliphatic rings.